The van der Waals surface area contributed by atoms with E-state index in [0.29, 0.717) is 17.9 Å². The van der Waals surface area contributed by atoms with E-state index in [2.05, 4.69) is 41.4 Å². The molecule has 1 heterocycles. The van der Waals surface area contributed by atoms with Crippen LogP contribution in [0.4, 0.5) is 11.8 Å². The standard InChI is InChI=1S/C13H24N4/c1-6-11(9(3)4)16-12-8-10(5)15-13(17-12)14-7-2/h8-9,11H,6-7H2,1-5H3,(H2,14,15,16,17). The summed E-state index contributed by atoms with van der Waals surface area (Å²) in [4.78, 5) is 8.80. The fourth-order valence-corrected chi connectivity index (χ4v) is 1.81. The van der Waals surface area contributed by atoms with E-state index in [1.807, 2.05) is 19.9 Å². The van der Waals surface area contributed by atoms with Crippen molar-refractivity contribution in [1.29, 1.82) is 0 Å². The molecule has 0 amide bonds. The lowest BCUT2D eigenvalue weighted by Crippen LogP contribution is -2.25. The monoisotopic (exact) mass is 236 g/mol. The van der Waals surface area contributed by atoms with Gasteiger partial charge < -0.3 is 10.6 Å². The summed E-state index contributed by atoms with van der Waals surface area (Å²) < 4.78 is 0. The molecule has 0 bridgehead atoms. The van der Waals surface area contributed by atoms with Crippen LogP contribution in [0.15, 0.2) is 6.07 Å². The zero-order chi connectivity index (χ0) is 12.8. The molecule has 96 valence electrons. The first-order valence-corrected chi connectivity index (χ1v) is 6.42. The van der Waals surface area contributed by atoms with Gasteiger partial charge in [-0.15, -0.1) is 0 Å². The second-order valence-electron chi connectivity index (χ2n) is 4.65. The second-order valence-corrected chi connectivity index (χ2v) is 4.65. The molecule has 1 atom stereocenters. The molecule has 4 nitrogen and oxygen atoms in total. The molecular weight excluding hydrogens is 212 g/mol. The Morgan fingerprint density at radius 1 is 1.24 bits per heavy atom. The topological polar surface area (TPSA) is 49.8 Å². The van der Waals surface area contributed by atoms with Crippen molar-refractivity contribution in [2.75, 3.05) is 17.2 Å². The molecule has 0 aliphatic rings. The number of nitrogens with zero attached hydrogens (tertiary/aromatic N) is 2. The highest BCUT2D eigenvalue weighted by Crippen LogP contribution is 2.15. The van der Waals surface area contributed by atoms with E-state index in [-0.39, 0.29) is 0 Å². The van der Waals surface area contributed by atoms with Crippen molar-refractivity contribution in [1.82, 2.24) is 9.97 Å². The van der Waals surface area contributed by atoms with Gasteiger partial charge in [0.2, 0.25) is 5.95 Å². The van der Waals surface area contributed by atoms with E-state index in [1.165, 1.54) is 0 Å². The summed E-state index contributed by atoms with van der Waals surface area (Å²) >= 11 is 0. The predicted molar refractivity (Wildman–Crippen MR) is 73.5 cm³/mol. The Morgan fingerprint density at radius 2 is 1.94 bits per heavy atom. The molecular formula is C13H24N4. The lowest BCUT2D eigenvalue weighted by Gasteiger charge is -2.21. The van der Waals surface area contributed by atoms with E-state index in [1.54, 1.807) is 0 Å². The minimum Gasteiger partial charge on any atom is -0.367 e. The van der Waals surface area contributed by atoms with Crippen LogP contribution in [0.1, 0.15) is 39.8 Å². The summed E-state index contributed by atoms with van der Waals surface area (Å²) in [6.07, 6.45) is 1.09. The van der Waals surface area contributed by atoms with Crippen LogP contribution >= 0.6 is 0 Å². The summed E-state index contributed by atoms with van der Waals surface area (Å²) in [6.45, 7) is 11.5. The highest BCUT2D eigenvalue weighted by atomic mass is 15.1. The Labute approximate surface area is 104 Å². The Hall–Kier alpha value is -1.32. The van der Waals surface area contributed by atoms with Crippen molar-refractivity contribution >= 4 is 11.8 Å². The average Bonchev–Trinajstić information content (AvgIpc) is 2.25. The molecule has 0 saturated heterocycles. The van der Waals surface area contributed by atoms with Crippen LogP contribution in [0.5, 0.6) is 0 Å². The molecule has 1 rings (SSSR count). The lowest BCUT2D eigenvalue weighted by molar-refractivity contribution is 0.509. The quantitative estimate of drug-likeness (QED) is 0.797. The van der Waals surface area contributed by atoms with Crippen LogP contribution in [0.25, 0.3) is 0 Å². The number of hydrogen-bond donors (Lipinski definition) is 2. The van der Waals surface area contributed by atoms with Gasteiger partial charge >= 0.3 is 0 Å². The number of aromatic nitrogens is 2. The number of nitrogens with one attached hydrogen (secondary N) is 2. The zero-order valence-electron chi connectivity index (χ0n) is 11.5. The molecule has 0 saturated carbocycles. The smallest absolute Gasteiger partial charge is 0.224 e. The van der Waals surface area contributed by atoms with Gasteiger partial charge in [0.15, 0.2) is 0 Å². The van der Waals surface area contributed by atoms with Gasteiger partial charge in [-0.25, -0.2) is 4.98 Å². The SMILES string of the molecule is CCNc1nc(C)cc(NC(CC)C(C)C)n1. The van der Waals surface area contributed by atoms with Crippen LogP contribution in [0.2, 0.25) is 0 Å². The van der Waals surface area contributed by atoms with E-state index in [9.17, 15) is 0 Å². The van der Waals surface area contributed by atoms with E-state index >= 15 is 0 Å². The third kappa shape index (κ3) is 4.21. The maximum absolute atomic E-state index is 4.46. The van der Waals surface area contributed by atoms with Crippen molar-refractivity contribution in [3.63, 3.8) is 0 Å². The first-order chi connectivity index (χ1) is 8.06. The first kappa shape index (κ1) is 13.7. The largest absolute Gasteiger partial charge is 0.367 e. The van der Waals surface area contributed by atoms with Crippen molar-refractivity contribution in [2.45, 2.75) is 47.1 Å². The molecule has 0 aliphatic heterocycles. The maximum atomic E-state index is 4.46. The van der Waals surface area contributed by atoms with Gasteiger partial charge in [-0.05, 0) is 26.2 Å². The van der Waals surface area contributed by atoms with Crippen LogP contribution in [-0.4, -0.2) is 22.6 Å². The summed E-state index contributed by atoms with van der Waals surface area (Å²) in [5, 5.41) is 6.62. The van der Waals surface area contributed by atoms with Gasteiger partial charge in [-0.3, -0.25) is 0 Å². The molecule has 1 unspecified atom stereocenters. The first-order valence-electron chi connectivity index (χ1n) is 6.42. The molecule has 0 fully saturated rings. The van der Waals surface area contributed by atoms with Gasteiger partial charge in [-0.1, -0.05) is 20.8 Å². The zero-order valence-corrected chi connectivity index (χ0v) is 11.5. The molecule has 1 aromatic heterocycles. The minimum absolute atomic E-state index is 0.457. The van der Waals surface area contributed by atoms with Crippen LogP contribution in [-0.2, 0) is 0 Å². The van der Waals surface area contributed by atoms with Crippen LogP contribution < -0.4 is 10.6 Å². The highest BCUT2D eigenvalue weighted by molar-refractivity contribution is 5.42. The number of hydrogen-bond acceptors (Lipinski definition) is 4. The Bertz CT molecular complexity index is 349. The molecule has 0 spiro atoms. The molecule has 17 heavy (non-hydrogen) atoms. The van der Waals surface area contributed by atoms with Crippen LogP contribution in [0, 0.1) is 12.8 Å². The highest BCUT2D eigenvalue weighted by Gasteiger charge is 2.12. The Morgan fingerprint density at radius 3 is 2.47 bits per heavy atom. The fraction of sp³-hybridized carbons (Fsp3) is 0.692. The van der Waals surface area contributed by atoms with Crippen LogP contribution in [0.3, 0.4) is 0 Å². The van der Waals surface area contributed by atoms with Gasteiger partial charge in [0.1, 0.15) is 5.82 Å². The second kappa shape index (κ2) is 6.42. The summed E-state index contributed by atoms with van der Waals surface area (Å²) in [7, 11) is 0. The molecule has 0 aliphatic carbocycles. The average molecular weight is 236 g/mol. The predicted octanol–water partition coefficient (Wildman–Crippen LogP) is 3.06. The van der Waals surface area contributed by atoms with Crippen molar-refractivity contribution < 1.29 is 0 Å². The van der Waals surface area contributed by atoms with Crippen molar-refractivity contribution in [3.05, 3.63) is 11.8 Å². The number of rotatable bonds is 6. The molecule has 1 aromatic rings. The van der Waals surface area contributed by atoms with Gasteiger partial charge in [0.25, 0.3) is 0 Å². The molecule has 4 heteroatoms. The van der Waals surface area contributed by atoms with Crippen molar-refractivity contribution in [3.8, 4) is 0 Å². The summed E-state index contributed by atoms with van der Waals surface area (Å²) in [5.41, 5.74) is 0.983. The summed E-state index contributed by atoms with van der Waals surface area (Å²) in [5.74, 6) is 2.21. The van der Waals surface area contributed by atoms with Gasteiger partial charge in [0, 0.05) is 24.3 Å². The normalized spacial score (nSPS) is 12.6. The lowest BCUT2D eigenvalue weighted by atomic mass is 10.0. The number of anilines is 2. The van der Waals surface area contributed by atoms with Gasteiger partial charge in [-0.2, -0.15) is 4.98 Å². The van der Waals surface area contributed by atoms with E-state index in [0.717, 1.165) is 24.5 Å². The van der Waals surface area contributed by atoms with Crippen molar-refractivity contribution in [2.24, 2.45) is 5.92 Å². The molecule has 0 radical (unpaired) electrons. The third-order valence-corrected chi connectivity index (χ3v) is 2.77. The summed E-state index contributed by atoms with van der Waals surface area (Å²) in [6, 6.07) is 2.45. The fourth-order valence-electron chi connectivity index (χ4n) is 1.81. The third-order valence-electron chi connectivity index (χ3n) is 2.77. The molecule has 0 aromatic carbocycles. The Kier molecular flexibility index (Phi) is 5.19. The van der Waals surface area contributed by atoms with E-state index in [4.69, 9.17) is 0 Å². The van der Waals surface area contributed by atoms with Gasteiger partial charge in [0.05, 0.1) is 0 Å². The maximum Gasteiger partial charge on any atom is 0.224 e. The Balaban J connectivity index is 2.82. The number of aryl methyl sites for hydroxylation is 1. The van der Waals surface area contributed by atoms with E-state index < -0.39 is 0 Å². The molecule has 2 N–H and O–H groups in total. The minimum atomic E-state index is 0.457.